The van der Waals surface area contributed by atoms with Crippen LogP contribution < -0.4 is 5.32 Å². The van der Waals surface area contributed by atoms with Gasteiger partial charge in [-0.3, -0.25) is 24.6 Å². The zero-order valence-corrected chi connectivity index (χ0v) is 12.2. The topological polar surface area (TPSA) is 92.6 Å². The van der Waals surface area contributed by atoms with Crippen molar-refractivity contribution in [2.24, 2.45) is 0 Å². The average molecular weight is 293 g/mol. The molecule has 0 fully saturated rings. The van der Waals surface area contributed by atoms with Crippen molar-refractivity contribution in [2.45, 2.75) is 13.3 Å². The smallest absolute Gasteiger partial charge is 0.269 e. The number of carbonyl (C=O) groups excluding carboxylic acids is 2. The van der Waals surface area contributed by atoms with Gasteiger partial charge in [-0.1, -0.05) is 6.92 Å². The van der Waals surface area contributed by atoms with Crippen molar-refractivity contribution >= 4 is 17.4 Å². The predicted molar refractivity (Wildman–Crippen MR) is 78.2 cm³/mol. The lowest BCUT2D eigenvalue weighted by molar-refractivity contribution is -0.384. The molecule has 0 unspecified atom stereocenters. The molecule has 0 aliphatic rings. The summed E-state index contributed by atoms with van der Waals surface area (Å²) in [5.41, 5.74) is 0.334. The van der Waals surface area contributed by atoms with Gasteiger partial charge in [0, 0.05) is 24.2 Å². The second-order valence-electron chi connectivity index (χ2n) is 4.75. The Morgan fingerprint density at radius 3 is 2.38 bits per heavy atom. The van der Waals surface area contributed by atoms with E-state index in [0.29, 0.717) is 12.1 Å². The fraction of sp³-hybridized carbons (Fsp3) is 0.429. The second kappa shape index (κ2) is 8.11. The second-order valence-corrected chi connectivity index (χ2v) is 4.75. The van der Waals surface area contributed by atoms with Gasteiger partial charge in [-0.15, -0.1) is 0 Å². The van der Waals surface area contributed by atoms with E-state index < -0.39 is 4.92 Å². The van der Waals surface area contributed by atoms with Gasteiger partial charge in [0.2, 0.25) is 5.91 Å². The number of ketones is 1. The number of nitrogens with one attached hydrogen (secondary N) is 1. The summed E-state index contributed by atoms with van der Waals surface area (Å²) in [6, 6.07) is 5.43. The van der Waals surface area contributed by atoms with E-state index in [1.165, 1.54) is 24.3 Å². The van der Waals surface area contributed by atoms with Crippen molar-refractivity contribution in [1.82, 2.24) is 10.2 Å². The summed E-state index contributed by atoms with van der Waals surface area (Å²) < 4.78 is 0. The zero-order valence-electron chi connectivity index (χ0n) is 12.2. The Bertz CT molecular complexity index is 513. The van der Waals surface area contributed by atoms with E-state index in [1.54, 1.807) is 11.9 Å². The van der Waals surface area contributed by atoms with Crippen LogP contribution in [0.3, 0.4) is 0 Å². The highest BCUT2D eigenvalue weighted by atomic mass is 16.6. The molecule has 1 amide bonds. The zero-order chi connectivity index (χ0) is 15.8. The largest absolute Gasteiger partial charge is 0.355 e. The number of nitro benzene ring substituents is 1. The first-order valence-electron chi connectivity index (χ1n) is 6.67. The van der Waals surface area contributed by atoms with Crippen molar-refractivity contribution < 1.29 is 14.5 Å². The van der Waals surface area contributed by atoms with E-state index in [4.69, 9.17) is 0 Å². The first-order chi connectivity index (χ1) is 9.93. The normalized spacial score (nSPS) is 10.4. The molecule has 1 N–H and O–H groups in total. The van der Waals surface area contributed by atoms with E-state index in [-0.39, 0.29) is 30.5 Å². The van der Waals surface area contributed by atoms with Gasteiger partial charge >= 0.3 is 0 Å². The van der Waals surface area contributed by atoms with Crippen molar-refractivity contribution in [3.8, 4) is 0 Å². The molecule has 0 aliphatic carbocycles. The van der Waals surface area contributed by atoms with Gasteiger partial charge in [-0.05, 0) is 25.6 Å². The summed E-state index contributed by atoms with van der Waals surface area (Å²) in [5.74, 6) is -0.313. The number of likely N-dealkylation sites (N-methyl/N-ethyl adjacent to an activating group) is 1. The summed E-state index contributed by atoms with van der Waals surface area (Å²) in [6.45, 7) is 2.79. The standard InChI is InChI=1S/C14H19N3O4/c1-3-8-15-14(19)10-16(2)9-13(18)11-4-6-12(7-5-11)17(20)21/h4-7H,3,8-10H2,1-2H3,(H,15,19). The van der Waals surface area contributed by atoms with E-state index in [1.807, 2.05) is 6.92 Å². The van der Waals surface area contributed by atoms with Gasteiger partial charge < -0.3 is 5.32 Å². The molecule has 114 valence electrons. The lowest BCUT2D eigenvalue weighted by Gasteiger charge is -2.15. The number of non-ortho nitro benzene ring substituents is 1. The van der Waals surface area contributed by atoms with Gasteiger partial charge in [-0.25, -0.2) is 0 Å². The van der Waals surface area contributed by atoms with Crippen LogP contribution in [0, 0.1) is 10.1 Å². The third-order valence-electron chi connectivity index (χ3n) is 2.80. The van der Waals surface area contributed by atoms with E-state index >= 15 is 0 Å². The molecule has 0 saturated carbocycles. The SMILES string of the molecule is CCCNC(=O)CN(C)CC(=O)c1ccc([N+](=O)[O-])cc1. The quantitative estimate of drug-likeness (QED) is 0.442. The molecule has 21 heavy (non-hydrogen) atoms. The van der Waals surface area contributed by atoms with Crippen molar-refractivity contribution in [3.05, 3.63) is 39.9 Å². The minimum absolute atomic E-state index is 0.0566. The Kier molecular flexibility index (Phi) is 6.48. The van der Waals surface area contributed by atoms with Gasteiger partial charge in [0.05, 0.1) is 18.0 Å². The predicted octanol–water partition coefficient (Wildman–Crippen LogP) is 1.24. The van der Waals surface area contributed by atoms with Crippen molar-refractivity contribution in [1.29, 1.82) is 0 Å². The number of hydrogen-bond acceptors (Lipinski definition) is 5. The van der Waals surface area contributed by atoms with Crippen LogP contribution in [0.4, 0.5) is 5.69 Å². The molecule has 7 heteroatoms. The summed E-state index contributed by atoms with van der Waals surface area (Å²) in [6.07, 6.45) is 0.858. The summed E-state index contributed by atoms with van der Waals surface area (Å²) in [7, 11) is 1.68. The van der Waals surface area contributed by atoms with E-state index in [2.05, 4.69) is 5.32 Å². The highest BCUT2D eigenvalue weighted by Gasteiger charge is 2.13. The number of carbonyl (C=O) groups is 2. The summed E-state index contributed by atoms with van der Waals surface area (Å²) in [5, 5.41) is 13.3. The molecule has 0 aliphatic heterocycles. The average Bonchev–Trinajstić information content (AvgIpc) is 2.44. The van der Waals surface area contributed by atoms with Crippen molar-refractivity contribution in [3.63, 3.8) is 0 Å². The van der Waals surface area contributed by atoms with Gasteiger partial charge in [-0.2, -0.15) is 0 Å². The molecule has 1 aromatic rings. The highest BCUT2D eigenvalue weighted by Crippen LogP contribution is 2.12. The minimum atomic E-state index is -0.515. The molecule has 7 nitrogen and oxygen atoms in total. The third-order valence-corrected chi connectivity index (χ3v) is 2.80. The van der Waals surface area contributed by atoms with E-state index in [9.17, 15) is 19.7 Å². The molecular weight excluding hydrogens is 274 g/mol. The fourth-order valence-electron chi connectivity index (χ4n) is 1.73. The third kappa shape index (κ3) is 5.70. The van der Waals surface area contributed by atoms with Crippen LogP contribution in [0.2, 0.25) is 0 Å². The van der Waals surface area contributed by atoms with Gasteiger partial charge in [0.15, 0.2) is 5.78 Å². The molecule has 0 atom stereocenters. The molecule has 0 saturated heterocycles. The Morgan fingerprint density at radius 1 is 1.24 bits per heavy atom. The maximum Gasteiger partial charge on any atom is 0.269 e. The van der Waals surface area contributed by atoms with Gasteiger partial charge in [0.25, 0.3) is 5.69 Å². The Morgan fingerprint density at radius 2 is 1.86 bits per heavy atom. The van der Waals surface area contributed by atoms with E-state index in [0.717, 1.165) is 6.42 Å². The Hall–Kier alpha value is -2.28. The van der Waals surface area contributed by atoms with Crippen LogP contribution >= 0.6 is 0 Å². The highest BCUT2D eigenvalue weighted by molar-refractivity contribution is 5.98. The van der Waals surface area contributed by atoms with Crippen LogP contribution in [-0.4, -0.2) is 48.2 Å². The Balaban J connectivity index is 2.52. The minimum Gasteiger partial charge on any atom is -0.355 e. The molecule has 1 rings (SSSR count). The lowest BCUT2D eigenvalue weighted by Crippen LogP contribution is -2.37. The molecular formula is C14H19N3O4. The first kappa shape index (κ1) is 16.8. The number of amides is 1. The van der Waals surface area contributed by atoms with Crippen molar-refractivity contribution in [2.75, 3.05) is 26.7 Å². The maximum absolute atomic E-state index is 12.0. The summed E-state index contributed by atoms with van der Waals surface area (Å²) >= 11 is 0. The maximum atomic E-state index is 12.0. The van der Waals surface area contributed by atoms with Crippen LogP contribution in [0.15, 0.2) is 24.3 Å². The van der Waals surface area contributed by atoms with Crippen LogP contribution in [0.25, 0.3) is 0 Å². The number of benzene rings is 1. The summed E-state index contributed by atoms with van der Waals surface area (Å²) in [4.78, 5) is 35.1. The number of hydrogen-bond donors (Lipinski definition) is 1. The van der Waals surface area contributed by atoms with Crippen LogP contribution in [0.1, 0.15) is 23.7 Å². The lowest BCUT2D eigenvalue weighted by atomic mass is 10.1. The number of rotatable bonds is 8. The first-order valence-corrected chi connectivity index (χ1v) is 6.67. The number of nitro groups is 1. The van der Waals surface area contributed by atoms with Crippen LogP contribution in [0.5, 0.6) is 0 Å². The van der Waals surface area contributed by atoms with Gasteiger partial charge in [0.1, 0.15) is 0 Å². The molecule has 0 radical (unpaired) electrons. The molecule has 0 bridgehead atoms. The fourth-order valence-corrected chi connectivity index (χ4v) is 1.73. The monoisotopic (exact) mass is 293 g/mol. The molecule has 0 spiro atoms. The number of Topliss-reactive ketones (excluding diaryl/α,β-unsaturated/α-hetero) is 1. The Labute approximate surface area is 123 Å². The molecule has 0 aromatic heterocycles. The molecule has 0 heterocycles. The molecule has 1 aromatic carbocycles. The number of nitrogens with zero attached hydrogens (tertiary/aromatic N) is 2. The van der Waals surface area contributed by atoms with Crippen LogP contribution in [-0.2, 0) is 4.79 Å².